The Labute approximate surface area is 138 Å². The average Bonchev–Trinajstić information content (AvgIpc) is 2.76. The first-order valence-corrected chi connectivity index (χ1v) is 8.33. The highest BCUT2D eigenvalue weighted by molar-refractivity contribution is 5.95. The summed E-state index contributed by atoms with van der Waals surface area (Å²) in [6.07, 6.45) is 4.19. The third-order valence-corrected chi connectivity index (χ3v) is 4.69. The van der Waals surface area contributed by atoms with Crippen molar-refractivity contribution in [3.05, 3.63) is 64.7 Å². The smallest absolute Gasteiger partial charge is 0.251 e. The van der Waals surface area contributed by atoms with E-state index in [2.05, 4.69) is 34.9 Å². The van der Waals surface area contributed by atoms with Crippen molar-refractivity contribution in [2.45, 2.75) is 38.6 Å². The summed E-state index contributed by atoms with van der Waals surface area (Å²) in [5, 5.41) is 6.36. The van der Waals surface area contributed by atoms with Crippen LogP contribution in [0.3, 0.4) is 0 Å². The number of anilines is 1. The van der Waals surface area contributed by atoms with Crippen molar-refractivity contribution < 1.29 is 4.79 Å². The van der Waals surface area contributed by atoms with Crippen LogP contribution >= 0.6 is 0 Å². The Hall–Kier alpha value is -2.29. The number of amides is 1. The molecule has 0 bridgehead atoms. The maximum atomic E-state index is 12.6. The van der Waals surface area contributed by atoms with Crippen LogP contribution in [0.1, 0.15) is 39.9 Å². The first kappa shape index (κ1) is 15.6. The number of fused-ring (bicyclic) bond motifs is 1. The molecule has 1 atom stereocenters. The van der Waals surface area contributed by atoms with Crippen LogP contribution in [0.15, 0.2) is 42.5 Å². The second-order valence-electron chi connectivity index (χ2n) is 6.32. The summed E-state index contributed by atoms with van der Waals surface area (Å²) in [6, 6.07) is 14.6. The van der Waals surface area contributed by atoms with Gasteiger partial charge in [0.15, 0.2) is 0 Å². The van der Waals surface area contributed by atoms with E-state index in [1.165, 1.54) is 11.1 Å². The maximum Gasteiger partial charge on any atom is 0.251 e. The molecule has 1 aliphatic rings. The summed E-state index contributed by atoms with van der Waals surface area (Å²) in [7, 11) is 1.88. The van der Waals surface area contributed by atoms with Crippen LogP contribution in [0, 0.1) is 6.92 Å². The predicted molar refractivity (Wildman–Crippen MR) is 95.1 cm³/mol. The zero-order valence-corrected chi connectivity index (χ0v) is 13.9. The van der Waals surface area contributed by atoms with Crippen LogP contribution in [-0.2, 0) is 12.8 Å². The van der Waals surface area contributed by atoms with Crippen LogP contribution in [-0.4, -0.2) is 19.0 Å². The number of benzene rings is 2. The quantitative estimate of drug-likeness (QED) is 0.849. The van der Waals surface area contributed by atoms with Crippen LogP contribution in [0.5, 0.6) is 0 Å². The Balaban J connectivity index is 1.73. The Morgan fingerprint density at radius 1 is 1.13 bits per heavy atom. The van der Waals surface area contributed by atoms with Gasteiger partial charge in [-0.2, -0.15) is 0 Å². The lowest BCUT2D eigenvalue weighted by Gasteiger charge is -2.17. The molecule has 0 fully saturated rings. The maximum absolute atomic E-state index is 12.6. The lowest BCUT2D eigenvalue weighted by atomic mass is 10.0. The van der Waals surface area contributed by atoms with Gasteiger partial charge >= 0.3 is 0 Å². The van der Waals surface area contributed by atoms with Gasteiger partial charge in [-0.1, -0.05) is 30.3 Å². The Bertz CT molecular complexity index is 709. The van der Waals surface area contributed by atoms with Crippen LogP contribution in [0.25, 0.3) is 0 Å². The standard InChI is InChI=1S/C20H24N2O/c1-14-10-11-17(13-19(14)21-2)20(23)22-18-9-5-8-15-6-3-4-7-16(15)12-18/h3-4,6-7,10-11,13,18,21H,5,8-9,12H2,1-2H3,(H,22,23). The molecule has 0 spiro atoms. The molecule has 3 heteroatoms. The summed E-state index contributed by atoms with van der Waals surface area (Å²) in [5.74, 6) is 0.0193. The van der Waals surface area contributed by atoms with Crippen molar-refractivity contribution >= 4 is 11.6 Å². The molecular weight excluding hydrogens is 284 g/mol. The van der Waals surface area contributed by atoms with E-state index >= 15 is 0 Å². The van der Waals surface area contributed by atoms with Gasteiger partial charge in [-0.25, -0.2) is 0 Å². The van der Waals surface area contributed by atoms with E-state index in [9.17, 15) is 4.79 Å². The number of nitrogens with one attached hydrogen (secondary N) is 2. The summed E-state index contributed by atoms with van der Waals surface area (Å²) in [4.78, 5) is 12.6. The molecule has 23 heavy (non-hydrogen) atoms. The van der Waals surface area contributed by atoms with Crippen molar-refractivity contribution in [3.63, 3.8) is 0 Å². The molecular formula is C20H24N2O. The molecule has 3 nitrogen and oxygen atoms in total. The Kier molecular flexibility index (Phi) is 4.65. The second kappa shape index (κ2) is 6.86. The van der Waals surface area contributed by atoms with Gasteiger partial charge in [-0.3, -0.25) is 4.79 Å². The molecule has 3 rings (SSSR count). The molecule has 2 aromatic rings. The minimum atomic E-state index is 0.0193. The minimum absolute atomic E-state index is 0.0193. The van der Waals surface area contributed by atoms with E-state index in [4.69, 9.17) is 0 Å². The van der Waals surface area contributed by atoms with Crippen molar-refractivity contribution in [1.82, 2.24) is 5.32 Å². The molecule has 0 heterocycles. The zero-order valence-electron chi connectivity index (χ0n) is 13.9. The highest BCUT2D eigenvalue weighted by atomic mass is 16.1. The highest BCUT2D eigenvalue weighted by Gasteiger charge is 2.19. The fourth-order valence-electron chi connectivity index (χ4n) is 3.33. The minimum Gasteiger partial charge on any atom is -0.388 e. The van der Waals surface area contributed by atoms with Gasteiger partial charge in [-0.15, -0.1) is 0 Å². The summed E-state index contributed by atoms with van der Waals surface area (Å²) in [6.45, 7) is 2.04. The van der Waals surface area contributed by atoms with Gasteiger partial charge in [0.05, 0.1) is 0 Å². The lowest BCUT2D eigenvalue weighted by Crippen LogP contribution is -2.36. The molecule has 0 radical (unpaired) electrons. The van der Waals surface area contributed by atoms with E-state index in [-0.39, 0.29) is 11.9 Å². The molecule has 1 amide bonds. The number of carbonyl (C=O) groups excluding carboxylic acids is 1. The normalized spacial score (nSPS) is 17.0. The molecule has 0 aromatic heterocycles. The number of hydrogen-bond acceptors (Lipinski definition) is 2. The van der Waals surface area contributed by atoms with Gasteiger partial charge in [-0.05, 0) is 61.4 Å². The summed E-state index contributed by atoms with van der Waals surface area (Å²) < 4.78 is 0. The zero-order chi connectivity index (χ0) is 16.2. The Morgan fingerprint density at radius 2 is 1.91 bits per heavy atom. The van der Waals surface area contributed by atoms with E-state index in [1.54, 1.807) is 0 Å². The molecule has 0 saturated heterocycles. The van der Waals surface area contributed by atoms with Gasteiger partial charge in [0, 0.05) is 24.3 Å². The first-order chi connectivity index (χ1) is 11.2. The third kappa shape index (κ3) is 3.55. The van der Waals surface area contributed by atoms with Gasteiger partial charge in [0.2, 0.25) is 0 Å². The predicted octanol–water partition coefficient (Wildman–Crippen LogP) is 3.71. The average molecular weight is 308 g/mol. The fraction of sp³-hybridized carbons (Fsp3) is 0.350. The van der Waals surface area contributed by atoms with Crippen LogP contribution in [0.2, 0.25) is 0 Å². The molecule has 0 saturated carbocycles. The first-order valence-electron chi connectivity index (χ1n) is 8.33. The van der Waals surface area contributed by atoms with Gasteiger partial charge in [0.25, 0.3) is 5.91 Å². The fourth-order valence-corrected chi connectivity index (χ4v) is 3.33. The van der Waals surface area contributed by atoms with Gasteiger partial charge in [0.1, 0.15) is 0 Å². The number of hydrogen-bond donors (Lipinski definition) is 2. The SMILES string of the molecule is CNc1cc(C(=O)NC2CCCc3ccccc3C2)ccc1C. The Morgan fingerprint density at radius 3 is 2.70 bits per heavy atom. The van der Waals surface area contributed by atoms with Crippen LogP contribution in [0.4, 0.5) is 5.69 Å². The van der Waals surface area contributed by atoms with Crippen molar-refractivity contribution in [2.24, 2.45) is 0 Å². The second-order valence-corrected chi connectivity index (χ2v) is 6.32. The van der Waals surface area contributed by atoms with Crippen molar-refractivity contribution in [1.29, 1.82) is 0 Å². The van der Waals surface area contributed by atoms with Gasteiger partial charge < -0.3 is 10.6 Å². The lowest BCUT2D eigenvalue weighted by molar-refractivity contribution is 0.0935. The molecule has 120 valence electrons. The number of rotatable bonds is 3. The third-order valence-electron chi connectivity index (χ3n) is 4.69. The van der Waals surface area contributed by atoms with Crippen molar-refractivity contribution in [3.8, 4) is 0 Å². The number of aryl methyl sites for hydroxylation is 2. The monoisotopic (exact) mass is 308 g/mol. The molecule has 1 aliphatic carbocycles. The molecule has 0 aliphatic heterocycles. The summed E-state index contributed by atoms with van der Waals surface area (Å²) >= 11 is 0. The highest BCUT2D eigenvalue weighted by Crippen LogP contribution is 2.21. The van der Waals surface area contributed by atoms with E-state index in [1.807, 2.05) is 32.2 Å². The molecule has 1 unspecified atom stereocenters. The molecule has 2 N–H and O–H groups in total. The largest absolute Gasteiger partial charge is 0.388 e. The van der Waals surface area contributed by atoms with Crippen molar-refractivity contribution in [2.75, 3.05) is 12.4 Å². The number of carbonyl (C=O) groups is 1. The topological polar surface area (TPSA) is 41.1 Å². The van der Waals surface area contributed by atoms with E-state index < -0.39 is 0 Å². The molecule has 2 aromatic carbocycles. The van der Waals surface area contributed by atoms with E-state index in [0.717, 1.165) is 42.5 Å². The van der Waals surface area contributed by atoms with Crippen LogP contribution < -0.4 is 10.6 Å². The van der Waals surface area contributed by atoms with E-state index in [0.29, 0.717) is 0 Å². The summed E-state index contributed by atoms with van der Waals surface area (Å²) in [5.41, 5.74) is 5.67.